The highest BCUT2D eigenvalue weighted by molar-refractivity contribution is 5.96. The maximum atomic E-state index is 12.5. The monoisotopic (exact) mass is 421 g/mol. The zero-order valence-electron chi connectivity index (χ0n) is 18.1. The van der Waals surface area contributed by atoms with Gasteiger partial charge in [0.05, 0.1) is 19.9 Å². The summed E-state index contributed by atoms with van der Waals surface area (Å²) in [6, 6.07) is 9.98. The first kappa shape index (κ1) is 20.7. The molecule has 4 rings (SSSR count). The average Bonchev–Trinajstić information content (AvgIpc) is 3.31. The molecule has 0 bridgehead atoms. The molecule has 1 N–H and O–H groups in total. The number of furan rings is 1. The SMILES string of the molecule is COc1nc(N2CCN(c3c(C)cccc3C)CC2)ncc1C(=O)NCc1ccco1. The standard InChI is InChI=1S/C23H27N5O3/c1-16-6-4-7-17(2)20(16)27-9-11-28(12-10-27)23-25-15-19(22(26-23)30-3)21(29)24-14-18-8-5-13-31-18/h4-8,13,15H,9-12,14H2,1-3H3,(H,24,29). The molecule has 0 aliphatic carbocycles. The van der Waals surface area contributed by atoms with Gasteiger partial charge < -0.3 is 24.3 Å². The van der Waals surface area contributed by atoms with Crippen molar-refractivity contribution in [3.63, 3.8) is 0 Å². The van der Waals surface area contributed by atoms with Gasteiger partial charge in [0.2, 0.25) is 11.8 Å². The van der Waals surface area contributed by atoms with E-state index in [4.69, 9.17) is 9.15 Å². The van der Waals surface area contributed by atoms with Crippen molar-refractivity contribution in [2.24, 2.45) is 0 Å². The summed E-state index contributed by atoms with van der Waals surface area (Å²) in [5, 5.41) is 2.80. The van der Waals surface area contributed by atoms with Gasteiger partial charge in [-0.3, -0.25) is 4.79 Å². The molecule has 0 unspecified atom stereocenters. The van der Waals surface area contributed by atoms with Crippen molar-refractivity contribution in [1.82, 2.24) is 15.3 Å². The summed E-state index contributed by atoms with van der Waals surface area (Å²) < 4.78 is 10.6. The predicted molar refractivity (Wildman–Crippen MR) is 119 cm³/mol. The van der Waals surface area contributed by atoms with Crippen molar-refractivity contribution in [2.45, 2.75) is 20.4 Å². The summed E-state index contributed by atoms with van der Waals surface area (Å²) in [6.07, 6.45) is 3.09. The van der Waals surface area contributed by atoms with Crippen LogP contribution < -0.4 is 19.9 Å². The van der Waals surface area contributed by atoms with Crippen molar-refractivity contribution < 1.29 is 13.9 Å². The Balaban J connectivity index is 1.43. The minimum atomic E-state index is -0.306. The van der Waals surface area contributed by atoms with Crippen molar-refractivity contribution >= 4 is 17.5 Å². The number of anilines is 2. The van der Waals surface area contributed by atoms with Gasteiger partial charge in [0.15, 0.2) is 0 Å². The third-order valence-electron chi connectivity index (χ3n) is 5.50. The summed E-state index contributed by atoms with van der Waals surface area (Å²) in [5.74, 6) is 1.20. The normalized spacial score (nSPS) is 13.9. The molecule has 3 aromatic rings. The molecule has 1 amide bonds. The molecule has 1 aromatic carbocycles. The maximum absolute atomic E-state index is 12.5. The Bertz CT molecular complexity index is 1020. The minimum Gasteiger partial charge on any atom is -0.480 e. The number of aromatic nitrogens is 2. The quantitative estimate of drug-likeness (QED) is 0.655. The Morgan fingerprint density at radius 3 is 2.45 bits per heavy atom. The van der Waals surface area contributed by atoms with Crippen LogP contribution in [0.5, 0.6) is 5.88 Å². The fourth-order valence-electron chi connectivity index (χ4n) is 3.93. The van der Waals surface area contributed by atoms with Gasteiger partial charge in [-0.25, -0.2) is 4.98 Å². The highest BCUT2D eigenvalue weighted by Crippen LogP contribution is 2.27. The fraction of sp³-hybridized carbons (Fsp3) is 0.348. The number of hydrogen-bond acceptors (Lipinski definition) is 7. The van der Waals surface area contributed by atoms with Crippen molar-refractivity contribution in [1.29, 1.82) is 0 Å². The van der Waals surface area contributed by atoms with E-state index < -0.39 is 0 Å². The molecule has 0 radical (unpaired) electrons. The van der Waals surface area contributed by atoms with E-state index in [9.17, 15) is 4.79 Å². The van der Waals surface area contributed by atoms with Crippen LogP contribution in [-0.2, 0) is 6.54 Å². The van der Waals surface area contributed by atoms with Crippen LogP contribution >= 0.6 is 0 Å². The number of nitrogens with one attached hydrogen (secondary N) is 1. The van der Waals surface area contributed by atoms with Crippen molar-refractivity contribution in [2.75, 3.05) is 43.1 Å². The van der Waals surface area contributed by atoms with Crippen LogP contribution in [0.4, 0.5) is 11.6 Å². The number of ether oxygens (including phenoxy) is 1. The summed E-state index contributed by atoms with van der Waals surface area (Å²) >= 11 is 0. The number of amides is 1. The number of benzene rings is 1. The van der Waals surface area contributed by atoms with Gasteiger partial charge in [-0.05, 0) is 37.1 Å². The van der Waals surface area contributed by atoms with Gasteiger partial charge >= 0.3 is 0 Å². The maximum Gasteiger partial charge on any atom is 0.258 e. The molecule has 2 aromatic heterocycles. The van der Waals surface area contributed by atoms with E-state index in [0.29, 0.717) is 17.3 Å². The van der Waals surface area contributed by atoms with Crippen LogP contribution in [0.1, 0.15) is 27.2 Å². The second kappa shape index (κ2) is 9.07. The van der Waals surface area contributed by atoms with Crippen LogP contribution in [0.3, 0.4) is 0 Å². The van der Waals surface area contributed by atoms with Crippen LogP contribution in [0.15, 0.2) is 47.2 Å². The molecular formula is C23H27N5O3. The average molecular weight is 422 g/mol. The molecule has 162 valence electrons. The first-order valence-electron chi connectivity index (χ1n) is 10.3. The molecular weight excluding hydrogens is 394 g/mol. The molecule has 0 atom stereocenters. The summed E-state index contributed by atoms with van der Waals surface area (Å²) in [4.78, 5) is 26.0. The molecule has 1 aliphatic rings. The Morgan fingerprint density at radius 1 is 1.10 bits per heavy atom. The summed E-state index contributed by atoms with van der Waals surface area (Å²) in [7, 11) is 1.51. The molecule has 1 aliphatic heterocycles. The van der Waals surface area contributed by atoms with E-state index in [1.807, 2.05) is 0 Å². The Morgan fingerprint density at radius 2 is 1.81 bits per heavy atom. The lowest BCUT2D eigenvalue weighted by atomic mass is 10.1. The van der Waals surface area contributed by atoms with Crippen LogP contribution in [0.25, 0.3) is 0 Å². The molecule has 31 heavy (non-hydrogen) atoms. The number of methoxy groups -OCH3 is 1. The molecule has 1 saturated heterocycles. The zero-order valence-corrected chi connectivity index (χ0v) is 18.1. The Kier molecular flexibility index (Phi) is 6.06. The molecule has 0 spiro atoms. The van der Waals surface area contributed by atoms with Gasteiger partial charge in [-0.2, -0.15) is 4.98 Å². The Labute approximate surface area is 181 Å². The van der Waals surface area contributed by atoms with Gasteiger partial charge in [0.25, 0.3) is 5.91 Å². The van der Waals surface area contributed by atoms with E-state index >= 15 is 0 Å². The summed E-state index contributed by atoms with van der Waals surface area (Å²) in [6.45, 7) is 7.93. The van der Waals surface area contributed by atoms with E-state index in [-0.39, 0.29) is 18.3 Å². The first-order chi connectivity index (χ1) is 15.1. The van der Waals surface area contributed by atoms with Crippen LogP contribution in [0, 0.1) is 13.8 Å². The van der Waals surface area contributed by atoms with E-state index in [0.717, 1.165) is 26.2 Å². The second-order valence-corrected chi connectivity index (χ2v) is 7.57. The van der Waals surface area contributed by atoms with Crippen LogP contribution in [-0.4, -0.2) is 49.2 Å². The number of para-hydroxylation sites is 1. The lowest BCUT2D eigenvalue weighted by Gasteiger charge is -2.37. The van der Waals surface area contributed by atoms with Gasteiger partial charge in [0.1, 0.15) is 11.3 Å². The second-order valence-electron chi connectivity index (χ2n) is 7.57. The zero-order chi connectivity index (χ0) is 21.8. The van der Waals surface area contributed by atoms with E-state index in [1.54, 1.807) is 18.4 Å². The number of hydrogen-bond donors (Lipinski definition) is 1. The molecule has 3 heterocycles. The van der Waals surface area contributed by atoms with E-state index in [1.165, 1.54) is 30.1 Å². The number of nitrogens with zero attached hydrogens (tertiary/aromatic N) is 4. The number of carbonyl (C=O) groups excluding carboxylic acids is 1. The highest BCUT2D eigenvalue weighted by atomic mass is 16.5. The third-order valence-corrected chi connectivity index (χ3v) is 5.50. The molecule has 8 nitrogen and oxygen atoms in total. The number of carbonyl (C=O) groups is 1. The third kappa shape index (κ3) is 4.47. The molecule has 0 saturated carbocycles. The highest BCUT2D eigenvalue weighted by Gasteiger charge is 2.23. The predicted octanol–water partition coefficient (Wildman–Crippen LogP) is 2.95. The first-order valence-corrected chi connectivity index (χ1v) is 10.3. The smallest absolute Gasteiger partial charge is 0.258 e. The lowest BCUT2D eigenvalue weighted by Crippen LogP contribution is -2.47. The number of rotatable bonds is 6. The van der Waals surface area contributed by atoms with Crippen molar-refractivity contribution in [3.05, 3.63) is 65.2 Å². The number of aryl methyl sites for hydroxylation is 2. The topological polar surface area (TPSA) is 83.7 Å². The number of piperazine rings is 1. The van der Waals surface area contributed by atoms with Gasteiger partial charge in [0, 0.05) is 38.1 Å². The molecule has 1 fully saturated rings. The Hall–Kier alpha value is -3.55. The van der Waals surface area contributed by atoms with Crippen LogP contribution in [0.2, 0.25) is 0 Å². The molecule has 8 heteroatoms. The largest absolute Gasteiger partial charge is 0.480 e. The van der Waals surface area contributed by atoms with Crippen molar-refractivity contribution in [3.8, 4) is 5.88 Å². The van der Waals surface area contributed by atoms with Gasteiger partial charge in [-0.15, -0.1) is 0 Å². The fourth-order valence-corrected chi connectivity index (χ4v) is 3.93. The van der Waals surface area contributed by atoms with Gasteiger partial charge in [-0.1, -0.05) is 18.2 Å². The van der Waals surface area contributed by atoms with E-state index in [2.05, 4.69) is 57.1 Å². The lowest BCUT2D eigenvalue weighted by molar-refractivity contribution is 0.0944. The minimum absolute atomic E-state index is 0.263. The summed E-state index contributed by atoms with van der Waals surface area (Å²) in [5.41, 5.74) is 4.18.